The Hall–Kier alpha value is -0.530. The SMILES string of the molecule is CC(C)N=C1CCCN1C(C)C. The van der Waals surface area contributed by atoms with Gasteiger partial charge in [0.1, 0.15) is 0 Å². The van der Waals surface area contributed by atoms with Gasteiger partial charge in [0.2, 0.25) is 0 Å². The van der Waals surface area contributed by atoms with Crippen LogP contribution < -0.4 is 0 Å². The Morgan fingerprint density at radius 1 is 1.25 bits per heavy atom. The molecule has 0 aromatic carbocycles. The molecule has 0 aliphatic carbocycles. The van der Waals surface area contributed by atoms with Crippen LogP contribution in [-0.2, 0) is 0 Å². The highest BCUT2D eigenvalue weighted by molar-refractivity contribution is 5.84. The normalized spacial score (nSPS) is 21.8. The first-order chi connectivity index (χ1) is 5.61. The van der Waals surface area contributed by atoms with E-state index in [0.717, 1.165) is 0 Å². The minimum atomic E-state index is 0.444. The van der Waals surface area contributed by atoms with Crippen molar-refractivity contribution < 1.29 is 0 Å². The summed E-state index contributed by atoms with van der Waals surface area (Å²) in [5.74, 6) is 1.32. The number of rotatable bonds is 2. The second-order valence-electron chi connectivity index (χ2n) is 4.03. The zero-order chi connectivity index (χ0) is 9.14. The van der Waals surface area contributed by atoms with Crippen molar-refractivity contribution in [1.82, 2.24) is 4.90 Å². The van der Waals surface area contributed by atoms with E-state index in [2.05, 4.69) is 37.6 Å². The molecule has 0 aromatic rings. The van der Waals surface area contributed by atoms with Crippen LogP contribution in [0.5, 0.6) is 0 Å². The molecule has 1 saturated heterocycles. The topological polar surface area (TPSA) is 15.6 Å². The predicted molar refractivity (Wildman–Crippen MR) is 53.6 cm³/mol. The van der Waals surface area contributed by atoms with Gasteiger partial charge in [0.15, 0.2) is 0 Å². The maximum absolute atomic E-state index is 4.62. The van der Waals surface area contributed by atoms with Crippen molar-refractivity contribution in [3.05, 3.63) is 0 Å². The maximum Gasteiger partial charge on any atom is 0.0995 e. The molecule has 0 radical (unpaired) electrons. The number of nitrogens with zero attached hydrogens (tertiary/aromatic N) is 2. The van der Waals surface area contributed by atoms with Gasteiger partial charge in [0.25, 0.3) is 0 Å². The molecule has 0 N–H and O–H groups in total. The van der Waals surface area contributed by atoms with Crippen LogP contribution in [0.15, 0.2) is 4.99 Å². The van der Waals surface area contributed by atoms with E-state index in [4.69, 9.17) is 0 Å². The van der Waals surface area contributed by atoms with Gasteiger partial charge in [-0.15, -0.1) is 0 Å². The quantitative estimate of drug-likeness (QED) is 0.617. The molecule has 0 atom stereocenters. The minimum Gasteiger partial charge on any atom is -0.358 e. The lowest BCUT2D eigenvalue weighted by atomic mass is 10.3. The van der Waals surface area contributed by atoms with E-state index in [0.29, 0.717) is 12.1 Å². The van der Waals surface area contributed by atoms with Gasteiger partial charge in [-0.3, -0.25) is 4.99 Å². The summed E-state index contributed by atoms with van der Waals surface area (Å²) in [5.41, 5.74) is 0. The zero-order valence-electron chi connectivity index (χ0n) is 8.67. The van der Waals surface area contributed by atoms with Crippen molar-refractivity contribution in [2.75, 3.05) is 6.54 Å². The smallest absolute Gasteiger partial charge is 0.0995 e. The van der Waals surface area contributed by atoms with Gasteiger partial charge < -0.3 is 4.90 Å². The van der Waals surface area contributed by atoms with Crippen molar-refractivity contribution in [3.8, 4) is 0 Å². The summed E-state index contributed by atoms with van der Waals surface area (Å²) in [4.78, 5) is 7.04. The van der Waals surface area contributed by atoms with Gasteiger partial charge in [-0.1, -0.05) is 0 Å². The lowest BCUT2D eigenvalue weighted by Gasteiger charge is -2.23. The molecule has 0 unspecified atom stereocenters. The van der Waals surface area contributed by atoms with Gasteiger partial charge in [-0.05, 0) is 34.1 Å². The van der Waals surface area contributed by atoms with Crippen molar-refractivity contribution in [1.29, 1.82) is 0 Å². The average Bonchev–Trinajstić information content (AvgIpc) is 2.33. The number of likely N-dealkylation sites (tertiary alicyclic amines) is 1. The van der Waals surface area contributed by atoms with E-state index in [1.807, 2.05) is 0 Å². The Morgan fingerprint density at radius 2 is 1.92 bits per heavy atom. The van der Waals surface area contributed by atoms with Crippen LogP contribution in [0.2, 0.25) is 0 Å². The Labute approximate surface area is 75.7 Å². The van der Waals surface area contributed by atoms with E-state index in [1.54, 1.807) is 0 Å². The number of hydrogen-bond acceptors (Lipinski definition) is 1. The molecule has 1 aliphatic rings. The molecule has 0 bridgehead atoms. The van der Waals surface area contributed by atoms with Crippen LogP contribution in [0.25, 0.3) is 0 Å². The molecule has 70 valence electrons. The van der Waals surface area contributed by atoms with Crippen LogP contribution in [0, 0.1) is 0 Å². The van der Waals surface area contributed by atoms with E-state index in [1.165, 1.54) is 25.2 Å². The summed E-state index contributed by atoms with van der Waals surface area (Å²) >= 11 is 0. The van der Waals surface area contributed by atoms with Crippen LogP contribution in [0.3, 0.4) is 0 Å². The predicted octanol–water partition coefficient (Wildman–Crippen LogP) is 2.30. The van der Waals surface area contributed by atoms with Crippen molar-refractivity contribution in [2.45, 2.75) is 52.6 Å². The Morgan fingerprint density at radius 3 is 2.42 bits per heavy atom. The van der Waals surface area contributed by atoms with Gasteiger partial charge in [0.05, 0.1) is 5.84 Å². The third kappa shape index (κ3) is 2.23. The van der Waals surface area contributed by atoms with Gasteiger partial charge in [-0.2, -0.15) is 0 Å². The highest BCUT2D eigenvalue weighted by atomic mass is 15.2. The lowest BCUT2D eigenvalue weighted by molar-refractivity contribution is 0.376. The molecule has 1 heterocycles. The number of aliphatic imine (C=N–C) groups is 1. The molecule has 2 heteroatoms. The fourth-order valence-corrected chi connectivity index (χ4v) is 1.67. The van der Waals surface area contributed by atoms with E-state index < -0.39 is 0 Å². The second-order valence-corrected chi connectivity index (χ2v) is 4.03. The first-order valence-electron chi connectivity index (χ1n) is 4.94. The third-order valence-corrected chi connectivity index (χ3v) is 2.16. The summed E-state index contributed by atoms with van der Waals surface area (Å²) in [7, 11) is 0. The summed E-state index contributed by atoms with van der Waals surface area (Å²) in [6, 6.07) is 1.06. The maximum atomic E-state index is 4.62. The molecule has 1 fully saturated rings. The Kier molecular flexibility index (Phi) is 3.12. The molecular weight excluding hydrogens is 148 g/mol. The molecule has 1 aliphatic heterocycles. The highest BCUT2D eigenvalue weighted by Crippen LogP contribution is 2.15. The van der Waals surface area contributed by atoms with Crippen LogP contribution in [0.1, 0.15) is 40.5 Å². The number of hydrogen-bond donors (Lipinski definition) is 0. The molecule has 0 spiro atoms. The van der Waals surface area contributed by atoms with Crippen molar-refractivity contribution >= 4 is 5.84 Å². The van der Waals surface area contributed by atoms with Crippen molar-refractivity contribution in [3.63, 3.8) is 0 Å². The van der Waals surface area contributed by atoms with Crippen molar-refractivity contribution in [2.24, 2.45) is 4.99 Å². The Balaban J connectivity index is 2.63. The second kappa shape index (κ2) is 3.92. The van der Waals surface area contributed by atoms with Gasteiger partial charge >= 0.3 is 0 Å². The molecule has 1 rings (SSSR count). The molecule has 0 amide bonds. The highest BCUT2D eigenvalue weighted by Gasteiger charge is 2.20. The fourth-order valence-electron chi connectivity index (χ4n) is 1.67. The zero-order valence-corrected chi connectivity index (χ0v) is 8.67. The summed E-state index contributed by atoms with van der Waals surface area (Å²) in [6.07, 6.45) is 2.46. The standard InChI is InChI=1S/C10H20N2/c1-8(2)11-10-6-5-7-12(10)9(3)4/h8-9H,5-7H2,1-4H3. The largest absolute Gasteiger partial charge is 0.358 e. The van der Waals surface area contributed by atoms with Gasteiger partial charge in [-0.25, -0.2) is 0 Å². The number of amidine groups is 1. The molecular formula is C10H20N2. The van der Waals surface area contributed by atoms with E-state index >= 15 is 0 Å². The monoisotopic (exact) mass is 168 g/mol. The lowest BCUT2D eigenvalue weighted by Crippen LogP contribution is -2.32. The molecule has 0 aromatic heterocycles. The van der Waals surface area contributed by atoms with E-state index in [-0.39, 0.29) is 0 Å². The summed E-state index contributed by atoms with van der Waals surface area (Å²) in [5, 5.41) is 0. The third-order valence-electron chi connectivity index (χ3n) is 2.16. The minimum absolute atomic E-state index is 0.444. The fraction of sp³-hybridized carbons (Fsp3) is 0.900. The van der Waals surface area contributed by atoms with Crippen LogP contribution in [0.4, 0.5) is 0 Å². The first kappa shape index (κ1) is 9.56. The summed E-state index contributed by atoms with van der Waals surface area (Å²) < 4.78 is 0. The Bertz CT molecular complexity index is 171. The molecule has 2 nitrogen and oxygen atoms in total. The summed E-state index contributed by atoms with van der Waals surface area (Å²) in [6.45, 7) is 9.96. The molecule has 0 saturated carbocycles. The van der Waals surface area contributed by atoms with Crippen LogP contribution in [-0.4, -0.2) is 29.4 Å². The first-order valence-corrected chi connectivity index (χ1v) is 4.94. The average molecular weight is 168 g/mol. The van der Waals surface area contributed by atoms with Gasteiger partial charge in [0, 0.05) is 25.0 Å². The van der Waals surface area contributed by atoms with E-state index in [9.17, 15) is 0 Å². The molecule has 12 heavy (non-hydrogen) atoms. The van der Waals surface area contributed by atoms with Crippen LogP contribution >= 0.6 is 0 Å².